The maximum atomic E-state index is 7.02. The third-order valence-electron chi connectivity index (χ3n) is 12.2. The fourth-order valence-electron chi connectivity index (χ4n) is 9.23. The number of fused-ring (bicyclic) bond motifs is 9. The maximum Gasteiger partial charge on any atom is 0.164 e. The van der Waals surface area contributed by atoms with Gasteiger partial charge in [0.05, 0.1) is 0 Å². The van der Waals surface area contributed by atoms with Crippen LogP contribution in [0.3, 0.4) is 0 Å². The van der Waals surface area contributed by atoms with Crippen LogP contribution in [0.1, 0.15) is 0 Å². The molecule has 0 aliphatic heterocycles. The molecule has 0 aliphatic carbocycles. The van der Waals surface area contributed by atoms with Gasteiger partial charge in [0, 0.05) is 60.1 Å². The van der Waals surface area contributed by atoms with Gasteiger partial charge in [-0.05, 0) is 58.7 Å². The Morgan fingerprint density at radius 3 is 1.49 bits per heavy atom. The average molecular weight is 808 g/mol. The van der Waals surface area contributed by atoms with Crippen molar-refractivity contribution in [2.75, 3.05) is 0 Å². The van der Waals surface area contributed by atoms with Gasteiger partial charge in [0.1, 0.15) is 33.5 Å². The lowest BCUT2D eigenvalue weighted by molar-refractivity contribution is 0.668. The van der Waals surface area contributed by atoms with E-state index in [2.05, 4.69) is 121 Å². The van der Waals surface area contributed by atoms with Crippen molar-refractivity contribution in [3.05, 3.63) is 200 Å². The van der Waals surface area contributed by atoms with Crippen LogP contribution in [0.5, 0.6) is 0 Å². The Balaban J connectivity index is 1.09. The van der Waals surface area contributed by atoms with Gasteiger partial charge in [-0.15, -0.1) is 0 Å². The number of para-hydroxylation sites is 3. The van der Waals surface area contributed by atoms with Gasteiger partial charge in [-0.25, -0.2) is 15.0 Å². The smallest absolute Gasteiger partial charge is 0.164 e. The summed E-state index contributed by atoms with van der Waals surface area (Å²) in [6.07, 6.45) is 0. The van der Waals surface area contributed by atoms with Gasteiger partial charge in [0.2, 0.25) is 0 Å². The van der Waals surface area contributed by atoms with Gasteiger partial charge in [0.25, 0.3) is 0 Å². The third kappa shape index (κ3) is 5.69. The van der Waals surface area contributed by atoms with Crippen molar-refractivity contribution in [2.45, 2.75) is 0 Å². The highest BCUT2D eigenvalue weighted by Gasteiger charge is 2.24. The molecule has 0 amide bonds. The van der Waals surface area contributed by atoms with Crippen molar-refractivity contribution >= 4 is 65.8 Å². The van der Waals surface area contributed by atoms with E-state index in [4.69, 9.17) is 28.2 Å². The van der Waals surface area contributed by atoms with Crippen LogP contribution in [-0.4, -0.2) is 15.0 Å². The third-order valence-corrected chi connectivity index (χ3v) is 12.2. The van der Waals surface area contributed by atoms with Gasteiger partial charge in [0.15, 0.2) is 17.5 Å². The molecule has 0 unspecified atom stereocenters. The highest BCUT2D eigenvalue weighted by atomic mass is 16.3. The van der Waals surface area contributed by atoms with Crippen LogP contribution >= 0.6 is 0 Å². The number of hydrogen-bond donors (Lipinski definition) is 0. The van der Waals surface area contributed by atoms with E-state index >= 15 is 0 Å². The predicted molar refractivity (Wildman–Crippen MR) is 254 cm³/mol. The van der Waals surface area contributed by atoms with Crippen molar-refractivity contribution in [1.29, 1.82) is 0 Å². The average Bonchev–Trinajstić information content (AvgIpc) is 4.06. The second kappa shape index (κ2) is 14.0. The molecule has 6 heteroatoms. The number of rotatable bonds is 6. The minimum atomic E-state index is 0.550. The van der Waals surface area contributed by atoms with Crippen LogP contribution in [0, 0.1) is 0 Å². The topological polar surface area (TPSA) is 78.1 Å². The second-order valence-electron chi connectivity index (χ2n) is 15.9. The van der Waals surface area contributed by atoms with E-state index in [1.165, 1.54) is 0 Å². The summed E-state index contributed by atoms with van der Waals surface area (Å²) in [7, 11) is 0. The maximum absolute atomic E-state index is 7.02. The standard InChI is InChI=1S/C57H33N3O3/c1-3-14-34(15-4-1)35-28-30-37(31-29-35)56-58-55(36-16-5-2-6-17-36)59-57(60-56)44-23-13-27-50-52(44)46-33-38(39-20-11-22-42-40-18-7-9-24-47(40)62-53(39)42)32-45(54(46)63-50)41-21-12-26-49-51(41)43-19-8-10-25-48(43)61-49/h1-33H. The number of furan rings is 3. The molecule has 6 nitrogen and oxygen atoms in total. The summed E-state index contributed by atoms with van der Waals surface area (Å²) in [4.78, 5) is 15.5. The van der Waals surface area contributed by atoms with Gasteiger partial charge < -0.3 is 13.3 Å². The zero-order valence-electron chi connectivity index (χ0n) is 33.6. The highest BCUT2D eigenvalue weighted by Crippen LogP contribution is 2.47. The molecule has 0 N–H and O–H groups in total. The monoisotopic (exact) mass is 807 g/mol. The summed E-state index contributed by atoms with van der Waals surface area (Å²) in [6.45, 7) is 0. The predicted octanol–water partition coefficient (Wildman–Crippen LogP) is 15.6. The number of aromatic nitrogens is 3. The van der Waals surface area contributed by atoms with E-state index in [1.807, 2.05) is 78.9 Å². The molecule has 0 spiro atoms. The molecule has 0 saturated heterocycles. The van der Waals surface area contributed by atoms with Crippen LogP contribution in [-0.2, 0) is 0 Å². The van der Waals surface area contributed by atoms with E-state index < -0.39 is 0 Å². The number of benzene rings is 9. The molecule has 63 heavy (non-hydrogen) atoms. The normalized spacial score (nSPS) is 11.8. The first-order valence-corrected chi connectivity index (χ1v) is 21.0. The van der Waals surface area contributed by atoms with E-state index in [1.54, 1.807) is 0 Å². The Bertz CT molecular complexity index is 3900. The van der Waals surface area contributed by atoms with Crippen molar-refractivity contribution < 1.29 is 13.3 Å². The Kier molecular flexibility index (Phi) is 7.80. The molecule has 0 fully saturated rings. The quantitative estimate of drug-likeness (QED) is 0.166. The summed E-state index contributed by atoms with van der Waals surface area (Å²) in [5.74, 6) is 1.72. The zero-order chi connectivity index (χ0) is 41.4. The van der Waals surface area contributed by atoms with Crippen LogP contribution in [0.25, 0.3) is 133 Å². The Morgan fingerprint density at radius 2 is 0.730 bits per heavy atom. The molecule has 4 aromatic heterocycles. The van der Waals surface area contributed by atoms with E-state index in [-0.39, 0.29) is 0 Å². The van der Waals surface area contributed by atoms with E-state index in [0.717, 1.165) is 116 Å². The molecule has 13 rings (SSSR count). The van der Waals surface area contributed by atoms with Crippen LogP contribution in [0.2, 0.25) is 0 Å². The first-order chi connectivity index (χ1) is 31.2. The largest absolute Gasteiger partial charge is 0.456 e. The molecule has 13 aromatic rings. The van der Waals surface area contributed by atoms with Gasteiger partial charge in [-0.1, -0.05) is 164 Å². The van der Waals surface area contributed by atoms with Gasteiger partial charge >= 0.3 is 0 Å². The zero-order valence-corrected chi connectivity index (χ0v) is 33.6. The summed E-state index contributed by atoms with van der Waals surface area (Å²) in [6, 6.07) is 68.5. The van der Waals surface area contributed by atoms with Gasteiger partial charge in [-0.2, -0.15) is 0 Å². The highest BCUT2D eigenvalue weighted by molar-refractivity contribution is 6.21. The molecule has 4 heterocycles. The Labute approximate surface area is 360 Å². The Morgan fingerprint density at radius 1 is 0.254 bits per heavy atom. The van der Waals surface area contributed by atoms with Crippen molar-refractivity contribution in [3.8, 4) is 67.5 Å². The van der Waals surface area contributed by atoms with Crippen molar-refractivity contribution in [3.63, 3.8) is 0 Å². The fourth-order valence-corrected chi connectivity index (χ4v) is 9.23. The van der Waals surface area contributed by atoms with Crippen molar-refractivity contribution in [1.82, 2.24) is 15.0 Å². The molecular weight excluding hydrogens is 775 g/mol. The summed E-state index contributed by atoms with van der Waals surface area (Å²) >= 11 is 0. The molecule has 9 aromatic carbocycles. The number of hydrogen-bond acceptors (Lipinski definition) is 6. The lowest BCUT2D eigenvalue weighted by atomic mass is 9.92. The SMILES string of the molecule is c1ccc(-c2ccc(-c3nc(-c4ccccc4)nc(-c4cccc5oc6c(-c7cccc8oc9ccccc9c78)cc(-c7cccc8c7oc7ccccc78)cc6c45)n3)cc2)cc1. The van der Waals surface area contributed by atoms with Crippen LogP contribution < -0.4 is 0 Å². The van der Waals surface area contributed by atoms with Crippen molar-refractivity contribution in [2.24, 2.45) is 0 Å². The minimum absolute atomic E-state index is 0.550. The molecule has 0 radical (unpaired) electrons. The molecule has 0 saturated carbocycles. The molecule has 0 aliphatic rings. The van der Waals surface area contributed by atoms with Crippen LogP contribution in [0.4, 0.5) is 0 Å². The summed E-state index contributed by atoms with van der Waals surface area (Å²) in [5.41, 5.74) is 13.6. The molecule has 0 bridgehead atoms. The molecule has 0 atom stereocenters. The van der Waals surface area contributed by atoms with E-state index in [0.29, 0.717) is 17.5 Å². The molecular formula is C57H33N3O3. The van der Waals surface area contributed by atoms with Gasteiger partial charge in [-0.3, -0.25) is 0 Å². The van der Waals surface area contributed by atoms with E-state index in [9.17, 15) is 0 Å². The summed E-state index contributed by atoms with van der Waals surface area (Å²) in [5, 5.41) is 6.06. The Hall–Kier alpha value is -8.61. The minimum Gasteiger partial charge on any atom is -0.456 e. The first-order valence-electron chi connectivity index (χ1n) is 21.0. The lowest BCUT2D eigenvalue weighted by Crippen LogP contribution is -2.00. The molecule has 294 valence electrons. The lowest BCUT2D eigenvalue weighted by Gasteiger charge is -2.11. The second-order valence-corrected chi connectivity index (χ2v) is 15.9. The number of nitrogens with zero attached hydrogens (tertiary/aromatic N) is 3. The summed E-state index contributed by atoms with van der Waals surface area (Å²) < 4.78 is 20.1. The first kappa shape index (κ1) is 35.2. The fraction of sp³-hybridized carbons (Fsp3) is 0. The van der Waals surface area contributed by atoms with Crippen LogP contribution in [0.15, 0.2) is 213 Å².